The van der Waals surface area contributed by atoms with E-state index >= 15 is 0 Å². The summed E-state index contributed by atoms with van der Waals surface area (Å²) in [6.45, 7) is 1.13. The predicted molar refractivity (Wildman–Crippen MR) is 81.2 cm³/mol. The van der Waals surface area contributed by atoms with Crippen LogP contribution in [-0.4, -0.2) is 16.1 Å². The van der Waals surface area contributed by atoms with Gasteiger partial charge in [-0.1, -0.05) is 12.1 Å². The highest BCUT2D eigenvalue weighted by molar-refractivity contribution is 7.14. The Labute approximate surface area is 129 Å². The third kappa shape index (κ3) is 2.85. The molecule has 2 heterocycles. The molecule has 3 rings (SSSR count). The van der Waals surface area contributed by atoms with Gasteiger partial charge in [0.1, 0.15) is 0 Å². The summed E-state index contributed by atoms with van der Waals surface area (Å²) >= 11 is 0.808. The van der Waals surface area contributed by atoms with Gasteiger partial charge >= 0.3 is 0 Å². The van der Waals surface area contributed by atoms with Crippen molar-refractivity contribution in [2.45, 2.75) is 19.4 Å². The summed E-state index contributed by atoms with van der Waals surface area (Å²) in [5, 5.41) is 10.5. The lowest BCUT2D eigenvalue weighted by Crippen LogP contribution is -2.21. The third-order valence-electron chi connectivity index (χ3n) is 3.28. The molecule has 114 valence electrons. The summed E-state index contributed by atoms with van der Waals surface area (Å²) in [4.78, 5) is 12.2. The van der Waals surface area contributed by atoms with Gasteiger partial charge in [-0.15, -0.1) is 11.3 Å². The minimum absolute atomic E-state index is 0.116. The second kappa shape index (κ2) is 5.49. The normalized spacial score (nSPS) is 11.8. The van der Waals surface area contributed by atoms with E-state index in [4.69, 9.17) is 0 Å². The standard InChI is InChI=1S/C15H13F2N3OS/c1-15(16,17)13-6-5-12(22-13)14(21)18-7-9-3-2-4-11-10(9)8-19-20-11/h2-6,8H,7H2,1H3,(H,18,21)(H,19,20). The van der Waals surface area contributed by atoms with Crippen LogP contribution in [0.1, 0.15) is 27.0 Å². The Balaban J connectivity index is 1.72. The quantitative estimate of drug-likeness (QED) is 0.770. The largest absolute Gasteiger partial charge is 0.347 e. The van der Waals surface area contributed by atoms with Crippen LogP contribution in [0.15, 0.2) is 36.5 Å². The van der Waals surface area contributed by atoms with Gasteiger partial charge in [0.25, 0.3) is 11.8 Å². The van der Waals surface area contributed by atoms with E-state index < -0.39 is 5.92 Å². The van der Waals surface area contributed by atoms with E-state index in [-0.39, 0.29) is 15.7 Å². The van der Waals surface area contributed by atoms with E-state index in [1.165, 1.54) is 12.1 Å². The van der Waals surface area contributed by atoms with Crippen molar-refractivity contribution >= 4 is 28.1 Å². The van der Waals surface area contributed by atoms with E-state index in [0.717, 1.165) is 34.7 Å². The Morgan fingerprint density at radius 2 is 2.18 bits per heavy atom. The van der Waals surface area contributed by atoms with E-state index in [9.17, 15) is 13.6 Å². The zero-order valence-electron chi connectivity index (χ0n) is 11.7. The van der Waals surface area contributed by atoms with Crippen LogP contribution in [0.3, 0.4) is 0 Å². The van der Waals surface area contributed by atoms with Crippen LogP contribution in [0.2, 0.25) is 0 Å². The van der Waals surface area contributed by atoms with Gasteiger partial charge in [0.05, 0.1) is 21.5 Å². The van der Waals surface area contributed by atoms with Gasteiger partial charge in [0.2, 0.25) is 0 Å². The molecule has 0 saturated heterocycles. The molecule has 2 aromatic heterocycles. The van der Waals surface area contributed by atoms with Gasteiger partial charge in [-0.3, -0.25) is 9.89 Å². The first-order valence-corrected chi connectivity index (χ1v) is 7.44. The van der Waals surface area contributed by atoms with Gasteiger partial charge in [0.15, 0.2) is 0 Å². The summed E-state index contributed by atoms with van der Waals surface area (Å²) in [6.07, 6.45) is 1.69. The molecule has 1 amide bonds. The zero-order chi connectivity index (χ0) is 15.7. The molecule has 0 radical (unpaired) electrons. The molecular formula is C15H13F2N3OS. The molecule has 0 saturated carbocycles. The molecule has 22 heavy (non-hydrogen) atoms. The molecule has 0 unspecified atom stereocenters. The smallest absolute Gasteiger partial charge is 0.279 e. The molecule has 0 atom stereocenters. The summed E-state index contributed by atoms with van der Waals surface area (Å²) in [6, 6.07) is 8.35. The molecule has 0 aliphatic carbocycles. The number of benzene rings is 1. The van der Waals surface area contributed by atoms with Crippen LogP contribution in [-0.2, 0) is 12.5 Å². The maximum atomic E-state index is 13.2. The molecule has 4 nitrogen and oxygen atoms in total. The number of alkyl halides is 2. The minimum Gasteiger partial charge on any atom is -0.347 e. The Hall–Kier alpha value is -2.28. The molecule has 0 aliphatic rings. The second-order valence-electron chi connectivity index (χ2n) is 4.98. The molecule has 0 aliphatic heterocycles. The highest BCUT2D eigenvalue weighted by atomic mass is 32.1. The van der Waals surface area contributed by atoms with E-state index in [1.807, 2.05) is 18.2 Å². The number of hydrogen-bond donors (Lipinski definition) is 2. The Kier molecular flexibility index (Phi) is 3.66. The van der Waals surface area contributed by atoms with Crippen molar-refractivity contribution in [2.75, 3.05) is 0 Å². The Bertz CT molecular complexity index is 819. The van der Waals surface area contributed by atoms with Crippen molar-refractivity contribution < 1.29 is 13.6 Å². The summed E-state index contributed by atoms with van der Waals surface area (Å²) in [5.41, 5.74) is 1.80. The van der Waals surface area contributed by atoms with Crippen LogP contribution in [0.25, 0.3) is 10.9 Å². The highest BCUT2D eigenvalue weighted by Crippen LogP contribution is 2.32. The number of carbonyl (C=O) groups is 1. The van der Waals surface area contributed by atoms with Crippen LogP contribution in [0, 0.1) is 0 Å². The number of fused-ring (bicyclic) bond motifs is 1. The highest BCUT2D eigenvalue weighted by Gasteiger charge is 2.27. The number of nitrogens with one attached hydrogen (secondary N) is 2. The second-order valence-corrected chi connectivity index (χ2v) is 6.07. The van der Waals surface area contributed by atoms with Crippen molar-refractivity contribution in [1.82, 2.24) is 15.5 Å². The number of amides is 1. The topological polar surface area (TPSA) is 57.8 Å². The SMILES string of the molecule is CC(F)(F)c1ccc(C(=O)NCc2cccc3[nH]ncc23)s1. The first-order chi connectivity index (χ1) is 10.4. The first-order valence-electron chi connectivity index (χ1n) is 6.62. The first kappa shape index (κ1) is 14.6. The molecule has 1 aromatic carbocycles. The summed E-state index contributed by atoms with van der Waals surface area (Å²) < 4.78 is 26.4. The third-order valence-corrected chi connectivity index (χ3v) is 4.53. The van der Waals surface area contributed by atoms with Crippen molar-refractivity contribution in [3.8, 4) is 0 Å². The molecule has 0 fully saturated rings. The number of carbonyl (C=O) groups excluding carboxylic acids is 1. The summed E-state index contributed by atoms with van der Waals surface area (Å²) in [7, 11) is 0. The maximum absolute atomic E-state index is 13.2. The number of hydrogen-bond acceptors (Lipinski definition) is 3. The number of halogens is 2. The monoisotopic (exact) mass is 321 g/mol. The minimum atomic E-state index is -2.93. The average Bonchev–Trinajstić information content (AvgIpc) is 3.12. The fourth-order valence-corrected chi connectivity index (χ4v) is 3.00. The lowest BCUT2D eigenvalue weighted by Gasteiger charge is -2.06. The number of rotatable bonds is 4. The Morgan fingerprint density at radius 3 is 2.91 bits per heavy atom. The Morgan fingerprint density at radius 1 is 1.36 bits per heavy atom. The molecule has 3 aromatic rings. The van der Waals surface area contributed by atoms with Gasteiger partial charge in [-0.2, -0.15) is 5.10 Å². The molecule has 0 bridgehead atoms. The maximum Gasteiger partial charge on any atom is 0.279 e. The van der Waals surface area contributed by atoms with E-state index in [1.54, 1.807) is 6.20 Å². The van der Waals surface area contributed by atoms with Gasteiger partial charge in [-0.25, -0.2) is 8.78 Å². The van der Waals surface area contributed by atoms with E-state index in [2.05, 4.69) is 15.5 Å². The van der Waals surface area contributed by atoms with Gasteiger partial charge in [-0.05, 0) is 23.8 Å². The van der Waals surface area contributed by atoms with Crippen molar-refractivity contribution in [1.29, 1.82) is 0 Å². The fraction of sp³-hybridized carbons (Fsp3) is 0.200. The van der Waals surface area contributed by atoms with Crippen LogP contribution in [0.4, 0.5) is 8.78 Å². The van der Waals surface area contributed by atoms with Gasteiger partial charge in [0, 0.05) is 18.9 Å². The van der Waals surface area contributed by atoms with Crippen LogP contribution < -0.4 is 5.32 Å². The average molecular weight is 321 g/mol. The lowest BCUT2D eigenvalue weighted by atomic mass is 10.1. The number of aromatic nitrogens is 2. The predicted octanol–water partition coefficient (Wildman–Crippen LogP) is 3.67. The zero-order valence-corrected chi connectivity index (χ0v) is 12.5. The van der Waals surface area contributed by atoms with E-state index in [0.29, 0.717) is 6.54 Å². The number of aromatic amines is 1. The van der Waals surface area contributed by atoms with Crippen molar-refractivity contribution in [2.24, 2.45) is 0 Å². The van der Waals surface area contributed by atoms with Gasteiger partial charge < -0.3 is 5.32 Å². The van der Waals surface area contributed by atoms with Crippen LogP contribution >= 0.6 is 11.3 Å². The van der Waals surface area contributed by atoms with Crippen molar-refractivity contribution in [3.05, 3.63) is 51.8 Å². The number of H-pyrrole nitrogens is 1. The number of nitrogens with zero attached hydrogens (tertiary/aromatic N) is 1. The molecule has 0 spiro atoms. The molecule has 2 N–H and O–H groups in total. The van der Waals surface area contributed by atoms with Crippen LogP contribution in [0.5, 0.6) is 0 Å². The summed E-state index contributed by atoms with van der Waals surface area (Å²) in [5.74, 6) is -3.29. The molecule has 7 heteroatoms. The van der Waals surface area contributed by atoms with Crippen molar-refractivity contribution in [3.63, 3.8) is 0 Å². The molecular weight excluding hydrogens is 308 g/mol. The lowest BCUT2D eigenvalue weighted by molar-refractivity contribution is 0.0215. The number of thiophene rings is 1. The fourth-order valence-electron chi connectivity index (χ4n) is 2.14.